The maximum Gasteiger partial charge on any atom is 0.0455 e. The lowest BCUT2D eigenvalue weighted by Gasteiger charge is -2.45. The van der Waals surface area contributed by atoms with E-state index in [1.807, 2.05) is 6.07 Å². The zero-order valence-corrected chi connectivity index (χ0v) is 14.0. The Morgan fingerprint density at radius 1 is 1.20 bits per heavy atom. The number of rotatable bonds is 3. The van der Waals surface area contributed by atoms with Gasteiger partial charge in [0.1, 0.15) is 0 Å². The maximum absolute atomic E-state index is 6.32. The van der Waals surface area contributed by atoms with Gasteiger partial charge in [-0.1, -0.05) is 45.4 Å². The second kappa shape index (κ2) is 6.36. The van der Waals surface area contributed by atoms with Gasteiger partial charge in [0, 0.05) is 35.9 Å². The molecular formula is C17H27ClN2. The van der Waals surface area contributed by atoms with E-state index in [-0.39, 0.29) is 0 Å². The van der Waals surface area contributed by atoms with Crippen molar-refractivity contribution >= 4 is 17.3 Å². The van der Waals surface area contributed by atoms with Crippen LogP contribution < -0.4 is 10.2 Å². The van der Waals surface area contributed by atoms with Crippen molar-refractivity contribution in [2.45, 2.75) is 46.7 Å². The first-order valence-corrected chi connectivity index (χ1v) is 8.04. The molecule has 20 heavy (non-hydrogen) atoms. The minimum Gasteiger partial charge on any atom is -0.365 e. The predicted octanol–water partition coefficient (Wildman–Crippen LogP) is 4.11. The number of hydrogen-bond donors (Lipinski definition) is 1. The third kappa shape index (κ3) is 3.12. The molecule has 1 aliphatic heterocycles. The Kier molecular flexibility index (Phi) is 4.98. The number of hydrogen-bond acceptors (Lipinski definition) is 2. The molecule has 0 bridgehead atoms. The summed E-state index contributed by atoms with van der Waals surface area (Å²) in [5.41, 5.74) is 2.49. The van der Waals surface area contributed by atoms with Gasteiger partial charge in [0.2, 0.25) is 0 Å². The highest BCUT2D eigenvalue weighted by Crippen LogP contribution is 2.31. The van der Waals surface area contributed by atoms with Crippen molar-refractivity contribution in [3.8, 4) is 0 Å². The second-order valence-electron chi connectivity index (χ2n) is 6.61. The molecule has 1 aromatic rings. The quantitative estimate of drug-likeness (QED) is 0.902. The van der Waals surface area contributed by atoms with E-state index in [0.29, 0.717) is 23.9 Å². The van der Waals surface area contributed by atoms with Crippen LogP contribution in [-0.2, 0) is 0 Å². The highest BCUT2D eigenvalue weighted by atomic mass is 35.5. The van der Waals surface area contributed by atoms with Crippen LogP contribution in [-0.4, -0.2) is 25.2 Å². The molecule has 2 unspecified atom stereocenters. The van der Waals surface area contributed by atoms with E-state index < -0.39 is 0 Å². The van der Waals surface area contributed by atoms with Gasteiger partial charge in [0.05, 0.1) is 0 Å². The minimum atomic E-state index is 0.530. The molecule has 112 valence electrons. The van der Waals surface area contributed by atoms with Gasteiger partial charge in [0.25, 0.3) is 0 Å². The van der Waals surface area contributed by atoms with E-state index >= 15 is 0 Å². The van der Waals surface area contributed by atoms with Crippen molar-refractivity contribution < 1.29 is 0 Å². The minimum absolute atomic E-state index is 0.530. The van der Waals surface area contributed by atoms with Crippen LogP contribution in [0.25, 0.3) is 0 Å². The summed E-state index contributed by atoms with van der Waals surface area (Å²) in [6.45, 7) is 13.4. The van der Waals surface area contributed by atoms with Gasteiger partial charge in [-0.15, -0.1) is 0 Å². The van der Waals surface area contributed by atoms with E-state index in [1.165, 1.54) is 11.3 Å². The van der Waals surface area contributed by atoms with Crippen LogP contribution in [0, 0.1) is 18.8 Å². The molecule has 1 aromatic carbocycles. The number of piperazine rings is 1. The summed E-state index contributed by atoms with van der Waals surface area (Å²) in [5.74, 6) is 1.26. The van der Waals surface area contributed by atoms with E-state index in [2.05, 4.69) is 57.0 Å². The summed E-state index contributed by atoms with van der Waals surface area (Å²) < 4.78 is 0. The fraction of sp³-hybridized carbons (Fsp3) is 0.647. The zero-order chi connectivity index (χ0) is 14.9. The molecule has 1 N–H and O–H groups in total. The van der Waals surface area contributed by atoms with Gasteiger partial charge in [-0.3, -0.25) is 0 Å². The van der Waals surface area contributed by atoms with Gasteiger partial charge in [-0.25, -0.2) is 0 Å². The Morgan fingerprint density at radius 3 is 2.50 bits per heavy atom. The van der Waals surface area contributed by atoms with Crippen LogP contribution in [0.5, 0.6) is 0 Å². The first kappa shape index (κ1) is 15.7. The Balaban J connectivity index is 2.34. The summed E-state index contributed by atoms with van der Waals surface area (Å²) in [4.78, 5) is 2.56. The number of nitrogens with one attached hydrogen (secondary N) is 1. The van der Waals surface area contributed by atoms with Crippen molar-refractivity contribution in [1.82, 2.24) is 5.32 Å². The molecule has 1 saturated heterocycles. The average molecular weight is 295 g/mol. The van der Waals surface area contributed by atoms with E-state index in [9.17, 15) is 0 Å². The van der Waals surface area contributed by atoms with Gasteiger partial charge in [-0.2, -0.15) is 0 Å². The predicted molar refractivity (Wildman–Crippen MR) is 88.8 cm³/mol. The van der Waals surface area contributed by atoms with Crippen LogP contribution in [0.3, 0.4) is 0 Å². The van der Waals surface area contributed by atoms with Crippen LogP contribution >= 0.6 is 11.6 Å². The number of anilines is 1. The molecule has 1 fully saturated rings. The lowest BCUT2D eigenvalue weighted by molar-refractivity contribution is 0.295. The number of halogens is 1. The highest BCUT2D eigenvalue weighted by Gasteiger charge is 2.32. The fourth-order valence-corrected chi connectivity index (χ4v) is 3.19. The van der Waals surface area contributed by atoms with Crippen LogP contribution in [0.15, 0.2) is 18.2 Å². The Morgan fingerprint density at radius 2 is 1.90 bits per heavy atom. The summed E-state index contributed by atoms with van der Waals surface area (Å²) in [7, 11) is 0. The average Bonchev–Trinajstić information content (AvgIpc) is 2.41. The SMILES string of the molecule is Cc1c(Cl)cccc1N1CC(C(C)C)NCC1C(C)C. The molecule has 0 spiro atoms. The van der Waals surface area contributed by atoms with Crippen molar-refractivity contribution in [2.24, 2.45) is 11.8 Å². The van der Waals surface area contributed by atoms with Crippen molar-refractivity contribution in [3.63, 3.8) is 0 Å². The van der Waals surface area contributed by atoms with Crippen molar-refractivity contribution in [1.29, 1.82) is 0 Å². The first-order chi connectivity index (χ1) is 9.41. The van der Waals surface area contributed by atoms with Gasteiger partial charge in [-0.05, 0) is 36.5 Å². The monoisotopic (exact) mass is 294 g/mol. The molecule has 0 amide bonds. The Bertz CT molecular complexity index is 456. The molecule has 0 aliphatic carbocycles. The van der Waals surface area contributed by atoms with Gasteiger partial charge >= 0.3 is 0 Å². The first-order valence-electron chi connectivity index (χ1n) is 7.67. The molecular weight excluding hydrogens is 268 g/mol. The van der Waals surface area contributed by atoms with Gasteiger partial charge in [0.15, 0.2) is 0 Å². The summed E-state index contributed by atoms with van der Waals surface area (Å²) >= 11 is 6.32. The molecule has 1 heterocycles. The summed E-state index contributed by atoms with van der Waals surface area (Å²) in [6, 6.07) is 7.33. The zero-order valence-electron chi connectivity index (χ0n) is 13.3. The topological polar surface area (TPSA) is 15.3 Å². The molecule has 2 nitrogen and oxygen atoms in total. The number of benzene rings is 1. The third-order valence-electron chi connectivity index (χ3n) is 4.51. The van der Waals surface area contributed by atoms with Gasteiger partial charge < -0.3 is 10.2 Å². The molecule has 0 saturated carbocycles. The van der Waals surface area contributed by atoms with Crippen molar-refractivity contribution in [3.05, 3.63) is 28.8 Å². The molecule has 0 aromatic heterocycles. The van der Waals surface area contributed by atoms with Crippen LogP contribution in [0.2, 0.25) is 5.02 Å². The summed E-state index contributed by atoms with van der Waals surface area (Å²) in [5, 5.41) is 4.57. The van der Waals surface area contributed by atoms with Crippen molar-refractivity contribution in [2.75, 3.05) is 18.0 Å². The lowest BCUT2D eigenvalue weighted by Crippen LogP contribution is -2.60. The smallest absolute Gasteiger partial charge is 0.0455 e. The summed E-state index contributed by atoms with van der Waals surface area (Å²) in [6.07, 6.45) is 0. The van der Waals surface area contributed by atoms with Crippen LogP contribution in [0.1, 0.15) is 33.3 Å². The standard InChI is InChI=1S/C17H27ClN2/c1-11(2)15-10-20(17(9-19-15)12(3)4)16-8-6-7-14(18)13(16)5/h6-8,11-12,15,17,19H,9-10H2,1-5H3. The Hall–Kier alpha value is -0.730. The second-order valence-corrected chi connectivity index (χ2v) is 7.01. The lowest BCUT2D eigenvalue weighted by atomic mass is 9.93. The molecule has 3 heteroatoms. The largest absolute Gasteiger partial charge is 0.365 e. The van der Waals surface area contributed by atoms with E-state index in [4.69, 9.17) is 11.6 Å². The molecule has 2 atom stereocenters. The Labute approximate surface area is 128 Å². The normalized spacial score (nSPS) is 23.7. The molecule has 2 rings (SSSR count). The van der Waals surface area contributed by atoms with E-state index in [0.717, 1.165) is 18.1 Å². The van der Waals surface area contributed by atoms with E-state index in [1.54, 1.807) is 0 Å². The third-order valence-corrected chi connectivity index (χ3v) is 4.92. The fourth-order valence-electron chi connectivity index (χ4n) is 3.02. The highest BCUT2D eigenvalue weighted by molar-refractivity contribution is 6.31. The number of nitrogens with zero attached hydrogens (tertiary/aromatic N) is 1. The maximum atomic E-state index is 6.32. The molecule has 1 aliphatic rings. The van der Waals surface area contributed by atoms with Crippen LogP contribution in [0.4, 0.5) is 5.69 Å². The molecule has 0 radical (unpaired) electrons.